The van der Waals surface area contributed by atoms with Crippen molar-refractivity contribution in [3.63, 3.8) is 0 Å². The zero-order chi connectivity index (χ0) is 14.9. The van der Waals surface area contributed by atoms with Crippen LogP contribution in [0.4, 0.5) is 0 Å². The molecule has 0 saturated carbocycles. The summed E-state index contributed by atoms with van der Waals surface area (Å²) < 4.78 is 30.7. The van der Waals surface area contributed by atoms with E-state index in [2.05, 4.69) is 10.1 Å². The van der Waals surface area contributed by atoms with E-state index in [1.165, 1.54) is 6.33 Å². The minimum atomic E-state index is -2.98. The van der Waals surface area contributed by atoms with Crippen molar-refractivity contribution in [2.24, 2.45) is 0 Å². The zero-order valence-electron chi connectivity index (χ0n) is 11.8. The van der Waals surface area contributed by atoms with E-state index in [-0.39, 0.29) is 17.4 Å². The Morgan fingerprint density at radius 2 is 2.14 bits per heavy atom. The minimum absolute atomic E-state index is 0.115. The van der Waals surface area contributed by atoms with Gasteiger partial charge in [0.15, 0.2) is 9.84 Å². The van der Waals surface area contributed by atoms with E-state index >= 15 is 0 Å². The van der Waals surface area contributed by atoms with Crippen LogP contribution in [0.25, 0.3) is 5.69 Å². The predicted molar refractivity (Wildman–Crippen MR) is 78.5 cm³/mol. The normalized spacial score (nSPS) is 21.1. The molecule has 0 aliphatic carbocycles. The molecule has 1 saturated heterocycles. The maximum atomic E-state index is 11.8. The standard InChI is InChI=1S/C14H17N3O3S/c1-20-13-7-3-2-6-12(13)17-14(15-10-16-17)11-5-4-8-21(18,19)9-11/h2-3,6-7,10-11H,4-5,8-9H2,1H3. The summed E-state index contributed by atoms with van der Waals surface area (Å²) in [7, 11) is -1.39. The summed E-state index contributed by atoms with van der Waals surface area (Å²) in [5.41, 5.74) is 0.774. The van der Waals surface area contributed by atoms with Gasteiger partial charge in [-0.15, -0.1) is 0 Å². The largest absolute Gasteiger partial charge is 0.494 e. The van der Waals surface area contributed by atoms with E-state index < -0.39 is 9.84 Å². The molecule has 1 aliphatic rings. The van der Waals surface area contributed by atoms with Gasteiger partial charge < -0.3 is 4.74 Å². The van der Waals surface area contributed by atoms with E-state index in [9.17, 15) is 8.42 Å². The summed E-state index contributed by atoms with van der Waals surface area (Å²) in [5.74, 6) is 1.66. The fourth-order valence-electron chi connectivity index (χ4n) is 2.75. The number of para-hydroxylation sites is 2. The molecule has 21 heavy (non-hydrogen) atoms. The van der Waals surface area contributed by atoms with Crippen LogP contribution in [-0.4, -0.2) is 41.8 Å². The van der Waals surface area contributed by atoms with Crippen molar-refractivity contribution in [1.82, 2.24) is 14.8 Å². The highest BCUT2D eigenvalue weighted by molar-refractivity contribution is 7.91. The fraction of sp³-hybridized carbons (Fsp3) is 0.429. The van der Waals surface area contributed by atoms with Gasteiger partial charge in [-0.25, -0.2) is 18.1 Å². The van der Waals surface area contributed by atoms with E-state index in [0.717, 1.165) is 12.1 Å². The second-order valence-corrected chi connectivity index (χ2v) is 7.38. The minimum Gasteiger partial charge on any atom is -0.494 e. The third-order valence-corrected chi connectivity index (χ3v) is 5.54. The average Bonchev–Trinajstić information content (AvgIpc) is 2.95. The Labute approximate surface area is 123 Å². The third kappa shape index (κ3) is 2.78. The molecule has 1 aliphatic heterocycles. The number of ether oxygens (including phenoxy) is 1. The molecule has 0 bridgehead atoms. The second kappa shape index (κ2) is 5.48. The molecule has 1 atom stereocenters. The Hall–Kier alpha value is -1.89. The topological polar surface area (TPSA) is 74.1 Å². The number of nitrogens with zero attached hydrogens (tertiary/aromatic N) is 3. The lowest BCUT2D eigenvalue weighted by Gasteiger charge is -2.22. The zero-order valence-corrected chi connectivity index (χ0v) is 12.6. The summed E-state index contributed by atoms with van der Waals surface area (Å²) in [4.78, 5) is 4.29. The molecular weight excluding hydrogens is 290 g/mol. The van der Waals surface area contributed by atoms with Crippen LogP contribution in [-0.2, 0) is 9.84 Å². The molecule has 0 amide bonds. The Morgan fingerprint density at radius 1 is 1.33 bits per heavy atom. The molecule has 0 N–H and O–H groups in total. The van der Waals surface area contributed by atoms with Crippen molar-refractivity contribution in [3.8, 4) is 11.4 Å². The van der Waals surface area contributed by atoms with Crippen LogP contribution in [0.3, 0.4) is 0 Å². The van der Waals surface area contributed by atoms with Gasteiger partial charge >= 0.3 is 0 Å². The van der Waals surface area contributed by atoms with Crippen molar-refractivity contribution in [2.45, 2.75) is 18.8 Å². The van der Waals surface area contributed by atoms with Crippen molar-refractivity contribution < 1.29 is 13.2 Å². The number of hydrogen-bond donors (Lipinski definition) is 0. The molecule has 1 fully saturated rings. The van der Waals surface area contributed by atoms with Crippen LogP contribution in [0.1, 0.15) is 24.6 Å². The van der Waals surface area contributed by atoms with Crippen molar-refractivity contribution in [3.05, 3.63) is 36.4 Å². The first-order valence-electron chi connectivity index (χ1n) is 6.84. The van der Waals surface area contributed by atoms with Gasteiger partial charge in [-0.05, 0) is 25.0 Å². The quantitative estimate of drug-likeness (QED) is 0.860. The number of benzene rings is 1. The van der Waals surface area contributed by atoms with Gasteiger partial charge in [0.1, 0.15) is 23.6 Å². The number of methoxy groups -OCH3 is 1. The fourth-order valence-corrected chi connectivity index (χ4v) is 4.45. The molecule has 0 spiro atoms. The van der Waals surface area contributed by atoms with Crippen molar-refractivity contribution in [1.29, 1.82) is 0 Å². The summed E-state index contributed by atoms with van der Waals surface area (Å²) in [6, 6.07) is 7.50. The van der Waals surface area contributed by atoms with Gasteiger partial charge in [-0.1, -0.05) is 12.1 Å². The van der Waals surface area contributed by atoms with Gasteiger partial charge in [0.25, 0.3) is 0 Å². The highest BCUT2D eigenvalue weighted by atomic mass is 32.2. The van der Waals surface area contributed by atoms with Gasteiger partial charge in [-0.2, -0.15) is 5.10 Å². The molecule has 1 unspecified atom stereocenters. The highest BCUT2D eigenvalue weighted by Gasteiger charge is 2.29. The summed E-state index contributed by atoms with van der Waals surface area (Å²) in [6.07, 6.45) is 2.95. The molecule has 3 rings (SSSR count). The molecule has 2 heterocycles. The molecule has 6 nitrogen and oxygen atoms in total. The van der Waals surface area contributed by atoms with Crippen molar-refractivity contribution >= 4 is 9.84 Å². The van der Waals surface area contributed by atoms with E-state index in [0.29, 0.717) is 18.0 Å². The van der Waals surface area contributed by atoms with Crippen LogP contribution in [0.2, 0.25) is 0 Å². The lowest BCUT2D eigenvalue weighted by molar-refractivity contribution is 0.410. The molecule has 7 heteroatoms. The maximum absolute atomic E-state index is 11.8. The number of hydrogen-bond acceptors (Lipinski definition) is 5. The summed E-state index contributed by atoms with van der Waals surface area (Å²) in [5, 5.41) is 4.25. The van der Waals surface area contributed by atoms with Crippen LogP contribution in [0.15, 0.2) is 30.6 Å². The monoisotopic (exact) mass is 307 g/mol. The van der Waals surface area contributed by atoms with E-state index in [1.54, 1.807) is 11.8 Å². The summed E-state index contributed by atoms with van der Waals surface area (Å²) >= 11 is 0. The third-order valence-electron chi connectivity index (χ3n) is 3.72. The molecular formula is C14H17N3O3S. The van der Waals surface area contributed by atoms with Crippen LogP contribution in [0, 0.1) is 0 Å². The van der Waals surface area contributed by atoms with Gasteiger partial charge in [0.05, 0.1) is 18.6 Å². The number of aromatic nitrogens is 3. The smallest absolute Gasteiger partial charge is 0.151 e. The van der Waals surface area contributed by atoms with Crippen molar-refractivity contribution in [2.75, 3.05) is 18.6 Å². The highest BCUT2D eigenvalue weighted by Crippen LogP contribution is 2.30. The molecule has 1 aromatic carbocycles. The Morgan fingerprint density at radius 3 is 2.90 bits per heavy atom. The molecule has 2 aromatic rings. The van der Waals surface area contributed by atoms with E-state index in [4.69, 9.17) is 4.74 Å². The Balaban J connectivity index is 2.01. The average molecular weight is 307 g/mol. The van der Waals surface area contributed by atoms with Gasteiger partial charge in [0, 0.05) is 5.92 Å². The molecule has 112 valence electrons. The van der Waals surface area contributed by atoms with Crippen LogP contribution >= 0.6 is 0 Å². The lowest BCUT2D eigenvalue weighted by atomic mass is 10.0. The van der Waals surface area contributed by atoms with Gasteiger partial charge in [0.2, 0.25) is 0 Å². The first-order chi connectivity index (χ1) is 10.1. The lowest BCUT2D eigenvalue weighted by Crippen LogP contribution is -2.26. The Bertz CT molecular complexity index is 739. The number of rotatable bonds is 3. The van der Waals surface area contributed by atoms with Crippen LogP contribution < -0.4 is 4.74 Å². The van der Waals surface area contributed by atoms with E-state index in [1.807, 2.05) is 24.3 Å². The molecule has 1 aromatic heterocycles. The van der Waals surface area contributed by atoms with Crippen LogP contribution in [0.5, 0.6) is 5.75 Å². The second-order valence-electron chi connectivity index (χ2n) is 5.16. The van der Waals surface area contributed by atoms with Gasteiger partial charge in [-0.3, -0.25) is 0 Å². The summed E-state index contributed by atoms with van der Waals surface area (Å²) in [6.45, 7) is 0. The number of sulfone groups is 1. The molecule has 0 radical (unpaired) electrons. The first kappa shape index (κ1) is 14.1. The predicted octanol–water partition coefficient (Wildman–Crippen LogP) is 1.57. The Kier molecular flexibility index (Phi) is 3.67. The maximum Gasteiger partial charge on any atom is 0.151 e. The SMILES string of the molecule is COc1ccccc1-n1ncnc1C1CCCS(=O)(=O)C1. The first-order valence-corrected chi connectivity index (χ1v) is 8.66.